The smallest absolute Gasteiger partial charge is 0.251 e. The third-order valence-electron chi connectivity index (χ3n) is 3.13. The Morgan fingerprint density at radius 2 is 2.06 bits per heavy atom. The Morgan fingerprint density at radius 3 is 2.61 bits per heavy atom. The monoisotopic (exact) mass is 269 g/mol. The van der Waals surface area contributed by atoms with Gasteiger partial charge in [0.15, 0.2) is 0 Å². The molecule has 0 heterocycles. The van der Waals surface area contributed by atoms with Crippen LogP contribution in [0, 0.1) is 5.92 Å². The molecule has 2 N–H and O–H groups in total. The highest BCUT2D eigenvalue weighted by molar-refractivity contribution is 6.21. The fraction of sp³-hybridized carbons (Fsp3) is 0.500. The molecule has 0 aliphatic heterocycles. The molecule has 4 heteroatoms. The van der Waals surface area contributed by atoms with Gasteiger partial charge in [-0.3, -0.25) is 4.79 Å². The van der Waals surface area contributed by atoms with Gasteiger partial charge in [-0.05, 0) is 24.1 Å². The quantitative estimate of drug-likeness (QED) is 0.780. The molecule has 0 spiro atoms. The van der Waals surface area contributed by atoms with E-state index in [1.54, 1.807) is 12.1 Å². The second-order valence-corrected chi connectivity index (χ2v) is 4.91. The second-order valence-electron chi connectivity index (χ2n) is 4.35. The number of phenols is 1. The maximum Gasteiger partial charge on any atom is 0.251 e. The Labute approximate surface area is 113 Å². The largest absolute Gasteiger partial charge is 0.508 e. The van der Waals surface area contributed by atoms with Crippen LogP contribution in [0.3, 0.4) is 0 Å². The summed E-state index contributed by atoms with van der Waals surface area (Å²) >= 11 is 6.25. The minimum Gasteiger partial charge on any atom is -0.508 e. The highest BCUT2D eigenvalue weighted by atomic mass is 35.5. The van der Waals surface area contributed by atoms with Gasteiger partial charge < -0.3 is 10.4 Å². The number of rotatable bonds is 6. The van der Waals surface area contributed by atoms with Gasteiger partial charge in [0.2, 0.25) is 0 Å². The molecule has 1 aromatic rings. The van der Waals surface area contributed by atoms with Crippen LogP contribution in [0.25, 0.3) is 0 Å². The van der Waals surface area contributed by atoms with Crippen LogP contribution in [0.5, 0.6) is 5.75 Å². The van der Waals surface area contributed by atoms with Crippen molar-refractivity contribution in [1.29, 1.82) is 0 Å². The number of carbonyl (C=O) groups is 1. The standard InChI is InChI=1S/C14H20ClNO2/c1-3-10(4-2)13(15)9-16-14(18)11-6-5-7-12(17)8-11/h5-8,10,13,17H,3-4,9H2,1-2H3,(H,16,18). The molecule has 0 fully saturated rings. The summed E-state index contributed by atoms with van der Waals surface area (Å²) in [6.07, 6.45) is 2.01. The third-order valence-corrected chi connectivity index (χ3v) is 3.64. The van der Waals surface area contributed by atoms with Crippen LogP contribution in [0.4, 0.5) is 0 Å². The maximum atomic E-state index is 11.8. The third kappa shape index (κ3) is 4.22. The fourth-order valence-electron chi connectivity index (χ4n) is 1.91. The molecule has 100 valence electrons. The van der Waals surface area contributed by atoms with Crippen LogP contribution in [-0.2, 0) is 0 Å². The molecular weight excluding hydrogens is 250 g/mol. The van der Waals surface area contributed by atoms with E-state index in [1.165, 1.54) is 12.1 Å². The molecule has 0 aliphatic carbocycles. The number of phenolic OH excluding ortho intramolecular Hbond substituents is 1. The molecular formula is C14H20ClNO2. The van der Waals surface area contributed by atoms with Gasteiger partial charge >= 0.3 is 0 Å². The van der Waals surface area contributed by atoms with E-state index in [0.29, 0.717) is 18.0 Å². The number of hydrogen-bond acceptors (Lipinski definition) is 2. The normalized spacial score (nSPS) is 12.4. The molecule has 0 aliphatic rings. The topological polar surface area (TPSA) is 49.3 Å². The molecule has 1 atom stereocenters. The van der Waals surface area contributed by atoms with E-state index < -0.39 is 0 Å². The van der Waals surface area contributed by atoms with Crippen molar-refractivity contribution in [2.24, 2.45) is 5.92 Å². The van der Waals surface area contributed by atoms with E-state index >= 15 is 0 Å². The van der Waals surface area contributed by atoms with E-state index in [4.69, 9.17) is 11.6 Å². The van der Waals surface area contributed by atoms with Crippen LogP contribution in [0.1, 0.15) is 37.0 Å². The molecule has 18 heavy (non-hydrogen) atoms. The number of amides is 1. The zero-order chi connectivity index (χ0) is 13.5. The summed E-state index contributed by atoms with van der Waals surface area (Å²) in [4.78, 5) is 11.8. The Morgan fingerprint density at radius 1 is 1.39 bits per heavy atom. The molecule has 1 unspecified atom stereocenters. The molecule has 0 radical (unpaired) electrons. The van der Waals surface area contributed by atoms with E-state index in [2.05, 4.69) is 19.2 Å². The molecule has 0 saturated carbocycles. The summed E-state index contributed by atoms with van der Waals surface area (Å²) < 4.78 is 0. The number of nitrogens with one attached hydrogen (secondary N) is 1. The first kappa shape index (κ1) is 14.8. The minimum atomic E-state index is -0.206. The first-order chi connectivity index (χ1) is 8.58. The van der Waals surface area contributed by atoms with E-state index in [9.17, 15) is 9.90 Å². The summed E-state index contributed by atoms with van der Waals surface area (Å²) in [7, 11) is 0. The van der Waals surface area contributed by atoms with Gasteiger partial charge in [-0.15, -0.1) is 11.6 Å². The number of hydrogen-bond donors (Lipinski definition) is 2. The lowest BCUT2D eigenvalue weighted by atomic mass is 9.99. The van der Waals surface area contributed by atoms with Crippen LogP contribution < -0.4 is 5.32 Å². The maximum absolute atomic E-state index is 11.8. The lowest BCUT2D eigenvalue weighted by molar-refractivity contribution is 0.0951. The van der Waals surface area contributed by atoms with Crippen molar-refractivity contribution in [3.05, 3.63) is 29.8 Å². The number of halogens is 1. The Kier molecular flexibility index (Phi) is 5.99. The Bertz CT molecular complexity index is 391. The average molecular weight is 270 g/mol. The van der Waals surface area contributed by atoms with Gasteiger partial charge in [-0.25, -0.2) is 0 Å². The van der Waals surface area contributed by atoms with Crippen molar-refractivity contribution in [2.45, 2.75) is 32.1 Å². The lowest BCUT2D eigenvalue weighted by Crippen LogP contribution is -2.33. The molecule has 1 amide bonds. The SMILES string of the molecule is CCC(CC)C(Cl)CNC(=O)c1cccc(O)c1. The predicted octanol–water partition coefficient (Wildman–Crippen LogP) is 3.17. The molecule has 1 aromatic carbocycles. The van der Waals surface area contributed by atoms with Crippen molar-refractivity contribution < 1.29 is 9.90 Å². The van der Waals surface area contributed by atoms with Crippen LogP contribution in [0.2, 0.25) is 0 Å². The summed E-state index contributed by atoms with van der Waals surface area (Å²) in [5, 5.41) is 12.0. The Balaban J connectivity index is 2.51. The summed E-state index contributed by atoms with van der Waals surface area (Å²) in [6, 6.07) is 6.28. The molecule has 0 aromatic heterocycles. The average Bonchev–Trinajstić information content (AvgIpc) is 2.37. The fourth-order valence-corrected chi connectivity index (χ4v) is 2.34. The van der Waals surface area contributed by atoms with Crippen LogP contribution in [0.15, 0.2) is 24.3 Å². The highest BCUT2D eigenvalue weighted by Gasteiger charge is 2.16. The van der Waals surface area contributed by atoms with Gasteiger partial charge in [0.1, 0.15) is 5.75 Å². The first-order valence-electron chi connectivity index (χ1n) is 6.29. The number of aromatic hydroxyl groups is 1. The predicted molar refractivity (Wildman–Crippen MR) is 74.2 cm³/mol. The molecule has 1 rings (SSSR count). The second kappa shape index (κ2) is 7.27. The van der Waals surface area contributed by atoms with Crippen molar-refractivity contribution >= 4 is 17.5 Å². The number of carbonyl (C=O) groups excluding carboxylic acids is 1. The van der Waals surface area contributed by atoms with Gasteiger partial charge in [0.05, 0.1) is 5.38 Å². The van der Waals surface area contributed by atoms with Crippen LogP contribution >= 0.6 is 11.6 Å². The molecule has 0 saturated heterocycles. The first-order valence-corrected chi connectivity index (χ1v) is 6.73. The van der Waals surface area contributed by atoms with Gasteiger partial charge in [-0.1, -0.05) is 32.8 Å². The zero-order valence-electron chi connectivity index (χ0n) is 10.8. The minimum absolute atomic E-state index is 0.0544. The van der Waals surface area contributed by atoms with Gasteiger partial charge in [0, 0.05) is 12.1 Å². The Hall–Kier alpha value is -1.22. The van der Waals surface area contributed by atoms with Gasteiger partial charge in [0.25, 0.3) is 5.91 Å². The number of benzene rings is 1. The van der Waals surface area contributed by atoms with Crippen molar-refractivity contribution in [3.63, 3.8) is 0 Å². The summed E-state index contributed by atoms with van der Waals surface area (Å²) in [5.41, 5.74) is 0.448. The number of alkyl halides is 1. The summed E-state index contributed by atoms with van der Waals surface area (Å²) in [5.74, 6) is 0.295. The van der Waals surface area contributed by atoms with Crippen molar-refractivity contribution in [2.75, 3.05) is 6.54 Å². The zero-order valence-corrected chi connectivity index (χ0v) is 11.6. The van der Waals surface area contributed by atoms with Gasteiger partial charge in [-0.2, -0.15) is 0 Å². The van der Waals surface area contributed by atoms with E-state index in [1.807, 2.05) is 0 Å². The van der Waals surface area contributed by atoms with E-state index in [-0.39, 0.29) is 17.0 Å². The summed E-state index contributed by atoms with van der Waals surface area (Å²) in [6.45, 7) is 4.64. The molecule has 0 bridgehead atoms. The highest BCUT2D eigenvalue weighted by Crippen LogP contribution is 2.18. The van der Waals surface area contributed by atoms with Crippen LogP contribution in [-0.4, -0.2) is 22.9 Å². The van der Waals surface area contributed by atoms with Crippen molar-refractivity contribution in [1.82, 2.24) is 5.32 Å². The molecule has 3 nitrogen and oxygen atoms in total. The van der Waals surface area contributed by atoms with E-state index in [0.717, 1.165) is 12.8 Å². The van der Waals surface area contributed by atoms with Crippen molar-refractivity contribution in [3.8, 4) is 5.75 Å². The lowest BCUT2D eigenvalue weighted by Gasteiger charge is -2.19.